The molecule has 0 bridgehead atoms. The topological polar surface area (TPSA) is 61.8 Å². The highest BCUT2D eigenvalue weighted by Crippen LogP contribution is 2.29. The Morgan fingerprint density at radius 3 is 2.56 bits per heavy atom. The van der Waals surface area contributed by atoms with Crippen LogP contribution in [0.4, 0.5) is 4.79 Å². The maximum atomic E-state index is 12.7. The number of rotatable bonds is 7. The molecule has 1 unspecified atom stereocenters. The zero-order valence-electron chi connectivity index (χ0n) is 15.7. The molecule has 2 amide bonds. The monoisotopic (exact) mass is 348 g/mol. The summed E-state index contributed by atoms with van der Waals surface area (Å²) in [6.07, 6.45) is 4.70. The third-order valence-electron chi connectivity index (χ3n) is 5.24. The Bertz CT molecular complexity index is 541. The molecule has 0 saturated heterocycles. The van der Waals surface area contributed by atoms with E-state index in [2.05, 4.69) is 12.2 Å². The van der Waals surface area contributed by atoms with E-state index in [1.54, 1.807) is 0 Å². The van der Waals surface area contributed by atoms with Crippen molar-refractivity contribution in [2.45, 2.75) is 58.0 Å². The van der Waals surface area contributed by atoms with E-state index >= 15 is 0 Å². The smallest absolute Gasteiger partial charge is 0.317 e. The van der Waals surface area contributed by atoms with E-state index in [-0.39, 0.29) is 24.7 Å². The van der Waals surface area contributed by atoms with Crippen LogP contribution in [0.3, 0.4) is 0 Å². The summed E-state index contributed by atoms with van der Waals surface area (Å²) in [6, 6.07) is 8.06. The second-order valence-electron chi connectivity index (χ2n) is 6.85. The minimum Gasteiger partial charge on any atom is -0.494 e. The van der Waals surface area contributed by atoms with Crippen LogP contribution in [0.5, 0.6) is 5.75 Å². The van der Waals surface area contributed by atoms with E-state index in [1.165, 1.54) is 0 Å². The lowest BCUT2D eigenvalue weighted by Gasteiger charge is -2.35. The van der Waals surface area contributed by atoms with Crippen molar-refractivity contribution < 1.29 is 14.6 Å². The lowest BCUT2D eigenvalue weighted by Crippen LogP contribution is -2.46. The maximum absolute atomic E-state index is 12.7. The minimum absolute atomic E-state index is 0.0365. The normalized spacial score (nSPS) is 21.4. The molecule has 2 N–H and O–H groups in total. The molecule has 0 spiro atoms. The number of nitrogens with one attached hydrogen (secondary N) is 1. The Morgan fingerprint density at radius 1 is 1.28 bits per heavy atom. The van der Waals surface area contributed by atoms with Crippen LogP contribution in [-0.2, 0) is 0 Å². The predicted molar refractivity (Wildman–Crippen MR) is 99.8 cm³/mol. The van der Waals surface area contributed by atoms with Gasteiger partial charge in [0.2, 0.25) is 0 Å². The van der Waals surface area contributed by atoms with Crippen molar-refractivity contribution in [2.75, 3.05) is 20.3 Å². The molecule has 0 radical (unpaired) electrons. The van der Waals surface area contributed by atoms with Gasteiger partial charge in [-0.25, -0.2) is 4.79 Å². The lowest BCUT2D eigenvalue weighted by molar-refractivity contribution is 0.132. The molecule has 2 rings (SSSR count). The number of amides is 2. The largest absolute Gasteiger partial charge is 0.494 e. The zero-order valence-corrected chi connectivity index (χ0v) is 15.7. The number of hydrogen-bond acceptors (Lipinski definition) is 3. The van der Waals surface area contributed by atoms with Gasteiger partial charge in [0.1, 0.15) is 5.75 Å². The molecule has 1 aromatic carbocycles. The second kappa shape index (κ2) is 9.66. The van der Waals surface area contributed by atoms with Gasteiger partial charge in [-0.3, -0.25) is 0 Å². The average molecular weight is 348 g/mol. The first-order valence-electron chi connectivity index (χ1n) is 9.46. The summed E-state index contributed by atoms with van der Waals surface area (Å²) in [5.74, 6) is 1.23. The molecule has 0 aliphatic heterocycles. The molecule has 1 saturated carbocycles. The van der Waals surface area contributed by atoms with Crippen LogP contribution in [0, 0.1) is 5.92 Å². The van der Waals surface area contributed by atoms with Crippen molar-refractivity contribution in [2.24, 2.45) is 5.92 Å². The van der Waals surface area contributed by atoms with Crippen molar-refractivity contribution in [3.8, 4) is 5.75 Å². The van der Waals surface area contributed by atoms with E-state index in [4.69, 9.17) is 4.74 Å². The lowest BCUT2D eigenvalue weighted by atomic mass is 9.86. The summed E-state index contributed by atoms with van der Waals surface area (Å²) < 4.78 is 5.71. The highest BCUT2D eigenvalue weighted by atomic mass is 16.5. The molecule has 1 fully saturated rings. The summed E-state index contributed by atoms with van der Waals surface area (Å²) in [7, 11) is 1.88. The first kappa shape index (κ1) is 19.6. The molecule has 140 valence electrons. The van der Waals surface area contributed by atoms with Crippen LogP contribution >= 0.6 is 0 Å². The number of nitrogens with zero attached hydrogens (tertiary/aromatic N) is 1. The predicted octanol–water partition coefficient (Wildman–Crippen LogP) is 3.73. The van der Waals surface area contributed by atoms with Crippen molar-refractivity contribution in [3.05, 3.63) is 29.8 Å². The fourth-order valence-corrected chi connectivity index (χ4v) is 3.59. The number of aliphatic hydroxyl groups is 1. The molecule has 5 nitrogen and oxygen atoms in total. The first-order chi connectivity index (χ1) is 12.1. The summed E-state index contributed by atoms with van der Waals surface area (Å²) in [5.41, 5.74) is 1.03. The summed E-state index contributed by atoms with van der Waals surface area (Å²) in [4.78, 5) is 14.6. The van der Waals surface area contributed by atoms with Gasteiger partial charge in [0.15, 0.2) is 0 Å². The van der Waals surface area contributed by atoms with Gasteiger partial charge in [-0.05, 0) is 51.0 Å². The van der Waals surface area contributed by atoms with Crippen LogP contribution < -0.4 is 10.1 Å². The van der Waals surface area contributed by atoms with Gasteiger partial charge in [0.05, 0.1) is 12.6 Å². The SMILES string of the molecule is CCOc1ccccc1C(CC)NC(=O)N(C)C1CCC(CO)CC1. The molecular weight excluding hydrogens is 316 g/mol. The Labute approximate surface area is 151 Å². The molecule has 0 aromatic heterocycles. The molecule has 1 aliphatic carbocycles. The number of carbonyl (C=O) groups excluding carboxylic acids is 1. The molecule has 5 heteroatoms. The van der Waals surface area contributed by atoms with E-state index in [1.807, 2.05) is 43.1 Å². The molecule has 25 heavy (non-hydrogen) atoms. The maximum Gasteiger partial charge on any atom is 0.317 e. The van der Waals surface area contributed by atoms with Crippen molar-refractivity contribution in [1.29, 1.82) is 0 Å². The van der Waals surface area contributed by atoms with Gasteiger partial charge < -0.3 is 20.1 Å². The molecular formula is C20H32N2O3. The number of para-hydroxylation sites is 1. The van der Waals surface area contributed by atoms with Crippen molar-refractivity contribution >= 4 is 6.03 Å². The van der Waals surface area contributed by atoms with E-state index in [0.29, 0.717) is 12.5 Å². The fraction of sp³-hybridized carbons (Fsp3) is 0.650. The van der Waals surface area contributed by atoms with Gasteiger partial charge in [0, 0.05) is 25.3 Å². The molecule has 1 aliphatic rings. The number of urea groups is 1. The van der Waals surface area contributed by atoms with Gasteiger partial charge >= 0.3 is 6.03 Å². The van der Waals surface area contributed by atoms with Gasteiger partial charge in [-0.15, -0.1) is 0 Å². The third kappa shape index (κ3) is 5.11. The quantitative estimate of drug-likeness (QED) is 0.789. The van der Waals surface area contributed by atoms with Gasteiger partial charge in [0.25, 0.3) is 0 Å². The fourth-order valence-electron chi connectivity index (χ4n) is 3.59. The molecule has 1 aromatic rings. The zero-order chi connectivity index (χ0) is 18.2. The highest BCUT2D eigenvalue weighted by Gasteiger charge is 2.27. The Kier molecular flexibility index (Phi) is 7.56. The number of aliphatic hydroxyl groups excluding tert-OH is 1. The van der Waals surface area contributed by atoms with Crippen molar-refractivity contribution in [1.82, 2.24) is 10.2 Å². The summed E-state index contributed by atoms with van der Waals surface area (Å²) in [5, 5.41) is 12.4. The first-order valence-corrected chi connectivity index (χ1v) is 9.46. The second-order valence-corrected chi connectivity index (χ2v) is 6.85. The van der Waals surface area contributed by atoms with E-state index in [9.17, 15) is 9.90 Å². The van der Waals surface area contributed by atoms with Crippen LogP contribution in [0.1, 0.15) is 57.6 Å². The van der Waals surface area contributed by atoms with Crippen LogP contribution in [0.25, 0.3) is 0 Å². The minimum atomic E-state index is -0.0634. The molecule has 0 heterocycles. The van der Waals surface area contributed by atoms with Gasteiger partial charge in [-0.1, -0.05) is 25.1 Å². The number of benzene rings is 1. The van der Waals surface area contributed by atoms with Crippen molar-refractivity contribution in [3.63, 3.8) is 0 Å². The van der Waals surface area contributed by atoms with E-state index < -0.39 is 0 Å². The average Bonchev–Trinajstić information content (AvgIpc) is 2.66. The Hall–Kier alpha value is -1.75. The molecule has 1 atom stereocenters. The number of carbonyl (C=O) groups is 1. The highest BCUT2D eigenvalue weighted by molar-refractivity contribution is 5.75. The summed E-state index contributed by atoms with van der Waals surface area (Å²) >= 11 is 0. The Morgan fingerprint density at radius 2 is 1.96 bits per heavy atom. The standard InChI is InChI=1S/C20H32N2O3/c1-4-18(17-8-6-7-9-19(17)25-5-2)21-20(24)22(3)16-12-10-15(14-23)11-13-16/h6-9,15-16,18,23H,4-5,10-14H2,1-3H3,(H,21,24). The van der Waals surface area contributed by atoms with Gasteiger partial charge in [-0.2, -0.15) is 0 Å². The number of ether oxygens (including phenoxy) is 1. The van der Waals surface area contributed by atoms with Crippen LogP contribution in [-0.4, -0.2) is 42.3 Å². The van der Waals surface area contributed by atoms with Crippen LogP contribution in [0.15, 0.2) is 24.3 Å². The van der Waals surface area contributed by atoms with E-state index in [0.717, 1.165) is 43.4 Å². The van der Waals surface area contributed by atoms with Crippen LogP contribution in [0.2, 0.25) is 0 Å². The summed E-state index contributed by atoms with van der Waals surface area (Å²) in [6.45, 7) is 4.90. The number of hydrogen-bond donors (Lipinski definition) is 2. The Balaban J connectivity index is 2.00. The third-order valence-corrected chi connectivity index (χ3v) is 5.24.